The van der Waals surface area contributed by atoms with Crippen LogP contribution < -0.4 is 11.1 Å². The second-order valence-electron chi connectivity index (χ2n) is 5.16. The van der Waals surface area contributed by atoms with Crippen LogP contribution in [0.3, 0.4) is 0 Å². The van der Waals surface area contributed by atoms with Gasteiger partial charge in [-0.3, -0.25) is 5.32 Å². The van der Waals surface area contributed by atoms with E-state index in [1.165, 1.54) is 0 Å². The third-order valence-corrected chi connectivity index (χ3v) is 2.94. The number of anilines is 1. The number of benzene rings is 1. The van der Waals surface area contributed by atoms with Crippen LogP contribution in [-0.2, 0) is 4.74 Å². The summed E-state index contributed by atoms with van der Waals surface area (Å²) in [6, 6.07) is 4.77. The van der Waals surface area contributed by atoms with Gasteiger partial charge in [-0.05, 0) is 54.4 Å². The smallest absolute Gasteiger partial charge is 0.412 e. The molecule has 0 bridgehead atoms. The Morgan fingerprint density at radius 1 is 1.53 bits per heavy atom. The highest BCUT2D eigenvalue weighted by Gasteiger charge is 2.17. The molecule has 0 aliphatic carbocycles. The van der Waals surface area contributed by atoms with Gasteiger partial charge in [0, 0.05) is 4.47 Å². The summed E-state index contributed by atoms with van der Waals surface area (Å²) in [7, 11) is 0. The van der Waals surface area contributed by atoms with Crippen molar-refractivity contribution >= 4 is 27.7 Å². The number of ether oxygens (including phenoxy) is 1. The topological polar surface area (TPSA) is 84.6 Å². The zero-order chi connectivity index (χ0) is 14.6. The number of aliphatic hydroxyl groups excluding tert-OH is 1. The lowest BCUT2D eigenvalue weighted by molar-refractivity contribution is 0.0636. The molecule has 1 rings (SSSR count). The summed E-state index contributed by atoms with van der Waals surface area (Å²) < 4.78 is 5.89. The summed E-state index contributed by atoms with van der Waals surface area (Å²) in [4.78, 5) is 11.7. The van der Waals surface area contributed by atoms with E-state index in [2.05, 4.69) is 21.2 Å². The number of halogens is 1. The number of hydrogen-bond donors (Lipinski definition) is 3. The van der Waals surface area contributed by atoms with Crippen LogP contribution >= 0.6 is 15.9 Å². The van der Waals surface area contributed by atoms with Gasteiger partial charge in [0.25, 0.3) is 0 Å². The molecule has 6 heteroatoms. The Bertz CT molecular complexity index is 458. The molecular weight excluding hydrogens is 312 g/mol. The molecule has 0 fully saturated rings. The van der Waals surface area contributed by atoms with Gasteiger partial charge in [-0.15, -0.1) is 0 Å². The number of rotatable bonds is 3. The fraction of sp³-hybridized carbons (Fsp3) is 0.462. The predicted octanol–water partition coefficient (Wildman–Crippen LogP) is 2.79. The lowest BCUT2D eigenvalue weighted by Gasteiger charge is -2.20. The Morgan fingerprint density at radius 2 is 2.16 bits per heavy atom. The Kier molecular flexibility index (Phi) is 5.34. The van der Waals surface area contributed by atoms with Gasteiger partial charge in [0.05, 0.1) is 18.3 Å². The monoisotopic (exact) mass is 330 g/mol. The van der Waals surface area contributed by atoms with Crippen molar-refractivity contribution in [3.8, 4) is 0 Å². The lowest BCUT2D eigenvalue weighted by atomic mass is 10.1. The van der Waals surface area contributed by atoms with Crippen LogP contribution in [0.25, 0.3) is 0 Å². The normalized spacial score (nSPS) is 12.9. The van der Waals surface area contributed by atoms with E-state index in [9.17, 15) is 4.79 Å². The fourth-order valence-electron chi connectivity index (χ4n) is 1.39. The molecule has 1 amide bonds. The van der Waals surface area contributed by atoms with Gasteiger partial charge >= 0.3 is 6.09 Å². The molecule has 0 aliphatic rings. The summed E-state index contributed by atoms with van der Waals surface area (Å²) in [6.07, 6.45) is -0.539. The standard InChI is InChI=1S/C13H19BrN2O3/c1-13(2,3)19-12(18)16-11-6-8(10(15)7-17)4-5-9(11)14/h4-6,10,17H,7,15H2,1-3H3,(H,16,18)/t10-/m0/s1. The third-order valence-electron chi connectivity index (χ3n) is 2.25. The molecule has 0 unspecified atom stereocenters. The van der Waals surface area contributed by atoms with Crippen molar-refractivity contribution in [1.29, 1.82) is 0 Å². The second-order valence-corrected chi connectivity index (χ2v) is 6.01. The minimum atomic E-state index is -0.560. The summed E-state index contributed by atoms with van der Waals surface area (Å²) in [5, 5.41) is 11.7. The van der Waals surface area contributed by atoms with Gasteiger partial charge in [0.2, 0.25) is 0 Å². The molecule has 19 heavy (non-hydrogen) atoms. The Hall–Kier alpha value is -1.11. The maximum absolute atomic E-state index is 11.7. The quantitative estimate of drug-likeness (QED) is 0.795. The minimum Gasteiger partial charge on any atom is -0.444 e. The maximum Gasteiger partial charge on any atom is 0.412 e. The lowest BCUT2D eigenvalue weighted by Crippen LogP contribution is -2.27. The van der Waals surface area contributed by atoms with Crippen LogP contribution in [0, 0.1) is 0 Å². The number of amides is 1. The van der Waals surface area contributed by atoms with Gasteiger partial charge in [-0.2, -0.15) is 0 Å². The fourth-order valence-corrected chi connectivity index (χ4v) is 1.73. The van der Waals surface area contributed by atoms with Crippen LogP contribution in [0.1, 0.15) is 32.4 Å². The zero-order valence-corrected chi connectivity index (χ0v) is 12.8. The molecule has 0 radical (unpaired) electrons. The van der Waals surface area contributed by atoms with Gasteiger partial charge in [0.15, 0.2) is 0 Å². The molecule has 0 aromatic heterocycles. The van der Waals surface area contributed by atoms with Crippen LogP contribution in [0.15, 0.2) is 22.7 Å². The van der Waals surface area contributed by atoms with Gasteiger partial charge in [-0.25, -0.2) is 4.79 Å². The van der Waals surface area contributed by atoms with Crippen molar-refractivity contribution in [3.05, 3.63) is 28.2 Å². The average molecular weight is 331 g/mol. The molecular formula is C13H19BrN2O3. The second kappa shape index (κ2) is 6.36. The van der Waals surface area contributed by atoms with Crippen molar-refractivity contribution in [2.75, 3.05) is 11.9 Å². The Morgan fingerprint density at radius 3 is 2.68 bits per heavy atom. The number of nitrogens with two attached hydrogens (primary N) is 1. The van der Waals surface area contributed by atoms with Crippen molar-refractivity contribution < 1.29 is 14.6 Å². The van der Waals surface area contributed by atoms with Crippen LogP contribution in [-0.4, -0.2) is 23.4 Å². The van der Waals surface area contributed by atoms with Crippen molar-refractivity contribution in [2.45, 2.75) is 32.4 Å². The SMILES string of the molecule is CC(C)(C)OC(=O)Nc1cc([C@@H](N)CO)ccc1Br. The van der Waals surface area contributed by atoms with Gasteiger partial charge in [-0.1, -0.05) is 6.07 Å². The molecule has 106 valence electrons. The van der Waals surface area contributed by atoms with E-state index in [0.29, 0.717) is 10.2 Å². The number of carbonyl (C=O) groups is 1. The maximum atomic E-state index is 11.7. The summed E-state index contributed by atoms with van der Waals surface area (Å²) in [6.45, 7) is 5.21. The van der Waals surface area contributed by atoms with E-state index in [1.807, 2.05) is 0 Å². The molecule has 1 aromatic carbocycles. The molecule has 0 heterocycles. The van der Waals surface area contributed by atoms with E-state index in [4.69, 9.17) is 15.6 Å². The first-order valence-electron chi connectivity index (χ1n) is 5.89. The molecule has 4 N–H and O–H groups in total. The van der Waals surface area contributed by atoms with Crippen LogP contribution in [0.5, 0.6) is 0 Å². The molecule has 0 saturated heterocycles. The van der Waals surface area contributed by atoms with Crippen molar-refractivity contribution in [1.82, 2.24) is 0 Å². The molecule has 0 spiro atoms. The Balaban J connectivity index is 2.85. The molecule has 5 nitrogen and oxygen atoms in total. The average Bonchev–Trinajstić information content (AvgIpc) is 2.28. The summed E-state index contributed by atoms with van der Waals surface area (Å²) >= 11 is 3.34. The van der Waals surface area contributed by atoms with Gasteiger partial charge < -0.3 is 15.6 Å². The Labute approximate surface area is 121 Å². The first kappa shape index (κ1) is 15.9. The molecule has 0 saturated carbocycles. The summed E-state index contributed by atoms with van der Waals surface area (Å²) in [5.74, 6) is 0. The molecule has 1 atom stereocenters. The first-order valence-corrected chi connectivity index (χ1v) is 6.68. The van der Waals surface area contributed by atoms with E-state index >= 15 is 0 Å². The minimum absolute atomic E-state index is 0.159. The highest BCUT2D eigenvalue weighted by Crippen LogP contribution is 2.26. The largest absolute Gasteiger partial charge is 0.444 e. The van der Waals surface area contributed by atoms with Crippen LogP contribution in [0.2, 0.25) is 0 Å². The molecule has 1 aromatic rings. The number of carbonyl (C=O) groups excluding carboxylic acids is 1. The van der Waals surface area contributed by atoms with Crippen molar-refractivity contribution in [3.63, 3.8) is 0 Å². The van der Waals surface area contributed by atoms with Gasteiger partial charge in [0.1, 0.15) is 5.60 Å². The highest BCUT2D eigenvalue weighted by atomic mass is 79.9. The molecule has 0 aliphatic heterocycles. The number of aliphatic hydroxyl groups is 1. The summed E-state index contributed by atoms with van der Waals surface area (Å²) in [5.41, 5.74) is 6.46. The van der Waals surface area contributed by atoms with Crippen LogP contribution in [0.4, 0.5) is 10.5 Å². The first-order chi connectivity index (χ1) is 8.73. The van der Waals surface area contributed by atoms with Crippen molar-refractivity contribution in [2.24, 2.45) is 5.73 Å². The van der Waals surface area contributed by atoms with E-state index in [1.54, 1.807) is 39.0 Å². The highest BCUT2D eigenvalue weighted by molar-refractivity contribution is 9.10. The predicted molar refractivity (Wildman–Crippen MR) is 78.0 cm³/mol. The number of nitrogens with one attached hydrogen (secondary N) is 1. The third kappa shape index (κ3) is 5.18. The number of hydrogen-bond acceptors (Lipinski definition) is 4. The van der Waals surface area contributed by atoms with E-state index in [-0.39, 0.29) is 6.61 Å². The van der Waals surface area contributed by atoms with E-state index < -0.39 is 17.7 Å². The van der Waals surface area contributed by atoms with E-state index in [0.717, 1.165) is 5.56 Å². The zero-order valence-electron chi connectivity index (χ0n) is 11.2.